The molecule has 0 unspecified atom stereocenters. The number of nitrogens with zero attached hydrogens (tertiary/aromatic N) is 1. The second-order valence-electron chi connectivity index (χ2n) is 5.60. The third kappa shape index (κ3) is 5.09. The van der Waals surface area contributed by atoms with Crippen molar-refractivity contribution >= 4 is 35.3 Å². The van der Waals surface area contributed by atoms with Crippen LogP contribution in [0.15, 0.2) is 77.9 Å². The number of hydrazone groups is 1. The molecular weight excluding hydrogens is 383 g/mol. The van der Waals surface area contributed by atoms with Gasteiger partial charge in [-0.2, -0.15) is 5.10 Å². The fraction of sp³-hybridized carbons (Fsp3) is 0.0476. The molecule has 1 N–H and O–H groups in total. The molecule has 3 rings (SSSR count). The maximum absolute atomic E-state index is 12.5. The van der Waals surface area contributed by atoms with Gasteiger partial charge in [-0.3, -0.25) is 4.79 Å². The SMILES string of the molecule is O=C(N/N=C\c1c(Cl)cccc1Cl)c1ccccc1OCc1ccccc1. The molecule has 3 aromatic rings. The number of nitrogens with one attached hydrogen (secondary N) is 1. The Bertz CT molecular complexity index is 939. The summed E-state index contributed by atoms with van der Waals surface area (Å²) in [6.07, 6.45) is 1.41. The van der Waals surface area contributed by atoms with Gasteiger partial charge in [-0.15, -0.1) is 0 Å². The number of rotatable bonds is 6. The Labute approximate surface area is 167 Å². The molecule has 0 fully saturated rings. The topological polar surface area (TPSA) is 50.7 Å². The minimum Gasteiger partial charge on any atom is -0.488 e. The summed E-state index contributed by atoms with van der Waals surface area (Å²) in [6.45, 7) is 0.365. The summed E-state index contributed by atoms with van der Waals surface area (Å²) in [5, 5.41) is 4.85. The first-order valence-electron chi connectivity index (χ1n) is 8.18. The first-order valence-corrected chi connectivity index (χ1v) is 8.94. The highest BCUT2D eigenvalue weighted by molar-refractivity contribution is 6.38. The highest BCUT2D eigenvalue weighted by atomic mass is 35.5. The van der Waals surface area contributed by atoms with Gasteiger partial charge in [0.15, 0.2) is 0 Å². The lowest BCUT2D eigenvalue weighted by Gasteiger charge is -2.10. The van der Waals surface area contributed by atoms with E-state index in [1.807, 2.05) is 36.4 Å². The molecule has 0 spiro atoms. The fourth-order valence-corrected chi connectivity index (χ4v) is 2.86. The van der Waals surface area contributed by atoms with Crippen molar-refractivity contribution in [2.24, 2.45) is 5.10 Å². The van der Waals surface area contributed by atoms with E-state index in [0.717, 1.165) is 5.56 Å². The Kier molecular flexibility index (Phi) is 6.47. The highest BCUT2D eigenvalue weighted by Crippen LogP contribution is 2.22. The Morgan fingerprint density at radius 2 is 1.59 bits per heavy atom. The molecule has 0 aliphatic rings. The second kappa shape index (κ2) is 9.21. The standard InChI is InChI=1S/C21H16Cl2N2O2/c22-18-10-6-11-19(23)17(18)13-24-25-21(26)16-9-4-5-12-20(16)27-14-15-7-2-1-3-8-15/h1-13H,14H2,(H,25,26)/b24-13-. The van der Waals surface area contributed by atoms with Gasteiger partial charge in [0.25, 0.3) is 5.91 Å². The molecule has 0 heterocycles. The molecule has 6 heteroatoms. The van der Waals surface area contributed by atoms with Gasteiger partial charge in [0.2, 0.25) is 0 Å². The van der Waals surface area contributed by atoms with Gasteiger partial charge < -0.3 is 4.74 Å². The van der Waals surface area contributed by atoms with Crippen LogP contribution in [0.5, 0.6) is 5.75 Å². The van der Waals surface area contributed by atoms with Crippen molar-refractivity contribution < 1.29 is 9.53 Å². The maximum atomic E-state index is 12.5. The van der Waals surface area contributed by atoms with E-state index < -0.39 is 5.91 Å². The van der Waals surface area contributed by atoms with Crippen LogP contribution in [0.2, 0.25) is 10.0 Å². The Hall–Kier alpha value is -2.82. The maximum Gasteiger partial charge on any atom is 0.275 e. The third-order valence-corrected chi connectivity index (χ3v) is 4.39. The molecule has 0 saturated carbocycles. The van der Waals surface area contributed by atoms with E-state index >= 15 is 0 Å². The van der Waals surface area contributed by atoms with Crippen LogP contribution in [0.3, 0.4) is 0 Å². The number of carbonyl (C=O) groups excluding carboxylic acids is 1. The largest absolute Gasteiger partial charge is 0.488 e. The molecule has 3 aromatic carbocycles. The first kappa shape index (κ1) is 19.0. The van der Waals surface area contributed by atoms with E-state index in [9.17, 15) is 4.79 Å². The number of carbonyl (C=O) groups is 1. The van der Waals surface area contributed by atoms with Crippen LogP contribution in [0.1, 0.15) is 21.5 Å². The van der Waals surface area contributed by atoms with Crippen LogP contribution >= 0.6 is 23.2 Å². The number of benzene rings is 3. The Morgan fingerprint density at radius 1 is 0.926 bits per heavy atom. The van der Waals surface area contributed by atoms with Crippen LogP contribution in [0, 0.1) is 0 Å². The predicted octanol–water partition coefficient (Wildman–Crippen LogP) is 5.34. The van der Waals surface area contributed by atoms with E-state index in [1.54, 1.807) is 36.4 Å². The van der Waals surface area contributed by atoms with Gasteiger partial charge in [0, 0.05) is 5.56 Å². The zero-order valence-electron chi connectivity index (χ0n) is 14.2. The lowest BCUT2D eigenvalue weighted by atomic mass is 10.2. The molecule has 136 valence electrons. The molecule has 0 aliphatic heterocycles. The van der Waals surface area contributed by atoms with Crippen molar-refractivity contribution in [3.05, 3.63) is 99.5 Å². The van der Waals surface area contributed by atoms with Gasteiger partial charge in [0.1, 0.15) is 12.4 Å². The molecule has 0 aromatic heterocycles. The normalized spacial score (nSPS) is 10.7. The smallest absolute Gasteiger partial charge is 0.275 e. The van der Waals surface area contributed by atoms with Gasteiger partial charge >= 0.3 is 0 Å². The van der Waals surface area contributed by atoms with Crippen molar-refractivity contribution in [1.29, 1.82) is 0 Å². The highest BCUT2D eigenvalue weighted by Gasteiger charge is 2.11. The summed E-state index contributed by atoms with van der Waals surface area (Å²) in [4.78, 5) is 12.5. The van der Waals surface area contributed by atoms with Crippen molar-refractivity contribution in [1.82, 2.24) is 5.43 Å². The van der Waals surface area contributed by atoms with Crippen LogP contribution in [0.4, 0.5) is 0 Å². The summed E-state index contributed by atoms with van der Waals surface area (Å²) in [7, 11) is 0. The molecule has 1 amide bonds. The first-order chi connectivity index (χ1) is 13.1. The van der Waals surface area contributed by atoms with Crippen molar-refractivity contribution in [2.75, 3.05) is 0 Å². The quantitative estimate of drug-likeness (QED) is 0.450. The number of ether oxygens (including phenoxy) is 1. The second-order valence-corrected chi connectivity index (χ2v) is 6.42. The van der Waals surface area contributed by atoms with Crippen LogP contribution in [0.25, 0.3) is 0 Å². The Morgan fingerprint density at radius 3 is 2.33 bits per heavy atom. The molecule has 0 atom stereocenters. The minimum absolute atomic E-state index is 0.365. The summed E-state index contributed by atoms with van der Waals surface area (Å²) < 4.78 is 5.79. The van der Waals surface area contributed by atoms with Crippen LogP contribution < -0.4 is 10.2 Å². The van der Waals surface area contributed by atoms with Crippen molar-refractivity contribution in [2.45, 2.75) is 6.61 Å². The predicted molar refractivity (Wildman–Crippen MR) is 109 cm³/mol. The van der Waals surface area contributed by atoms with E-state index in [-0.39, 0.29) is 0 Å². The van der Waals surface area contributed by atoms with Crippen LogP contribution in [-0.2, 0) is 6.61 Å². The summed E-state index contributed by atoms with van der Waals surface area (Å²) >= 11 is 12.2. The molecule has 4 nitrogen and oxygen atoms in total. The molecule has 0 saturated heterocycles. The third-order valence-electron chi connectivity index (χ3n) is 3.73. The monoisotopic (exact) mass is 398 g/mol. The summed E-state index contributed by atoms with van der Waals surface area (Å²) in [6, 6.07) is 21.9. The summed E-state index contributed by atoms with van der Waals surface area (Å²) in [5.41, 5.74) is 4.41. The van der Waals surface area contributed by atoms with Gasteiger partial charge in [-0.05, 0) is 29.8 Å². The van der Waals surface area contributed by atoms with E-state index in [0.29, 0.717) is 33.5 Å². The number of amides is 1. The molecule has 0 radical (unpaired) electrons. The molecule has 0 bridgehead atoms. The number of hydrogen-bond donors (Lipinski definition) is 1. The van der Waals surface area contributed by atoms with Crippen LogP contribution in [-0.4, -0.2) is 12.1 Å². The zero-order valence-corrected chi connectivity index (χ0v) is 15.7. The number of hydrogen-bond acceptors (Lipinski definition) is 3. The minimum atomic E-state index is -0.391. The number of para-hydroxylation sites is 1. The lowest BCUT2D eigenvalue weighted by Crippen LogP contribution is -2.18. The van der Waals surface area contributed by atoms with Crippen molar-refractivity contribution in [3.63, 3.8) is 0 Å². The van der Waals surface area contributed by atoms with Gasteiger partial charge in [0.05, 0.1) is 21.8 Å². The van der Waals surface area contributed by atoms with E-state index in [1.165, 1.54) is 6.21 Å². The number of halogens is 2. The average molecular weight is 399 g/mol. The molecule has 0 aliphatic carbocycles. The lowest BCUT2D eigenvalue weighted by molar-refractivity contribution is 0.0950. The van der Waals surface area contributed by atoms with Gasteiger partial charge in [-0.1, -0.05) is 71.7 Å². The van der Waals surface area contributed by atoms with E-state index in [2.05, 4.69) is 10.5 Å². The van der Waals surface area contributed by atoms with Gasteiger partial charge in [-0.25, -0.2) is 5.43 Å². The fourth-order valence-electron chi connectivity index (χ4n) is 2.37. The molecule has 27 heavy (non-hydrogen) atoms. The zero-order chi connectivity index (χ0) is 19.1. The average Bonchev–Trinajstić information content (AvgIpc) is 2.69. The van der Waals surface area contributed by atoms with E-state index in [4.69, 9.17) is 27.9 Å². The van der Waals surface area contributed by atoms with Crippen molar-refractivity contribution in [3.8, 4) is 5.75 Å². The Balaban J connectivity index is 1.69. The molecular formula is C21H16Cl2N2O2. The summed E-state index contributed by atoms with van der Waals surface area (Å²) in [5.74, 6) is 0.0860.